The second-order valence-electron chi connectivity index (χ2n) is 3.65. The van der Waals surface area contributed by atoms with Gasteiger partial charge in [0.1, 0.15) is 0 Å². The van der Waals surface area contributed by atoms with Crippen molar-refractivity contribution in [2.75, 3.05) is 0 Å². The molecule has 0 N–H and O–H groups in total. The standard InChI is InChI=1S/C8H6Br2N2O4/c9-11-5(13)1-3(7(11)15)4-2-6(14)12(10)8(4)16/h3-4H,1-2H2. The Morgan fingerprint density at radius 2 is 1.12 bits per heavy atom. The maximum Gasteiger partial charge on any atom is 0.243 e. The van der Waals surface area contributed by atoms with Crippen molar-refractivity contribution in [2.45, 2.75) is 12.8 Å². The minimum absolute atomic E-state index is 0.0331. The van der Waals surface area contributed by atoms with Crippen LogP contribution in [0.3, 0.4) is 0 Å². The number of amides is 4. The lowest BCUT2D eigenvalue weighted by molar-refractivity contribution is -0.137. The average Bonchev–Trinajstić information content (AvgIpc) is 2.64. The molecule has 0 aromatic rings. The third-order valence-electron chi connectivity index (χ3n) is 2.73. The zero-order chi connectivity index (χ0) is 12.0. The van der Waals surface area contributed by atoms with Gasteiger partial charge in [-0.3, -0.25) is 19.2 Å². The van der Waals surface area contributed by atoms with E-state index in [1.165, 1.54) is 0 Å². The Morgan fingerprint density at radius 1 is 0.812 bits per heavy atom. The fraction of sp³-hybridized carbons (Fsp3) is 0.500. The van der Waals surface area contributed by atoms with E-state index >= 15 is 0 Å². The molecule has 0 bridgehead atoms. The molecule has 0 aliphatic carbocycles. The molecule has 2 rings (SSSR count). The van der Waals surface area contributed by atoms with Gasteiger partial charge in [-0.25, -0.2) is 7.85 Å². The van der Waals surface area contributed by atoms with Crippen LogP contribution in [0.15, 0.2) is 0 Å². The molecule has 0 saturated carbocycles. The summed E-state index contributed by atoms with van der Waals surface area (Å²) >= 11 is 5.64. The van der Waals surface area contributed by atoms with Crippen molar-refractivity contribution >= 4 is 55.9 Å². The van der Waals surface area contributed by atoms with E-state index in [-0.39, 0.29) is 24.7 Å². The summed E-state index contributed by atoms with van der Waals surface area (Å²) in [5, 5.41) is 0. The summed E-state index contributed by atoms with van der Waals surface area (Å²) in [6.45, 7) is 0. The minimum Gasteiger partial charge on any atom is -0.273 e. The minimum atomic E-state index is -0.731. The zero-order valence-corrected chi connectivity index (χ0v) is 11.0. The summed E-state index contributed by atoms with van der Waals surface area (Å²) in [7, 11) is 0. The van der Waals surface area contributed by atoms with Crippen molar-refractivity contribution in [3.8, 4) is 0 Å². The number of carbonyl (C=O) groups is 4. The predicted molar refractivity (Wildman–Crippen MR) is 57.8 cm³/mol. The predicted octanol–water partition coefficient (Wildman–Crippen LogP) is 0.356. The third-order valence-corrected chi connectivity index (χ3v) is 4.22. The number of halogens is 2. The van der Waals surface area contributed by atoms with E-state index in [1.807, 2.05) is 0 Å². The normalized spacial score (nSPS) is 30.9. The molecule has 8 heteroatoms. The lowest BCUT2D eigenvalue weighted by atomic mass is 9.89. The number of hydrogen-bond acceptors (Lipinski definition) is 4. The Balaban J connectivity index is 2.22. The molecule has 16 heavy (non-hydrogen) atoms. The summed E-state index contributed by atoms with van der Waals surface area (Å²) in [5.74, 6) is -3.15. The van der Waals surface area contributed by atoms with Crippen LogP contribution in [0.2, 0.25) is 0 Å². The molecule has 2 unspecified atom stereocenters. The van der Waals surface area contributed by atoms with Gasteiger partial charge in [-0.05, 0) is 0 Å². The molecule has 6 nitrogen and oxygen atoms in total. The number of hydrogen-bond donors (Lipinski definition) is 0. The molecular formula is C8H6Br2N2O4. The van der Waals surface area contributed by atoms with Gasteiger partial charge in [0.25, 0.3) is 0 Å². The maximum absolute atomic E-state index is 11.6. The van der Waals surface area contributed by atoms with Gasteiger partial charge in [-0.2, -0.15) is 0 Å². The van der Waals surface area contributed by atoms with Crippen molar-refractivity contribution in [3.63, 3.8) is 0 Å². The number of rotatable bonds is 1. The van der Waals surface area contributed by atoms with Crippen molar-refractivity contribution in [1.82, 2.24) is 7.85 Å². The highest BCUT2D eigenvalue weighted by Crippen LogP contribution is 2.36. The number of carbonyl (C=O) groups excluding carboxylic acids is 4. The highest BCUT2D eigenvalue weighted by atomic mass is 79.9. The van der Waals surface area contributed by atoms with E-state index in [2.05, 4.69) is 32.3 Å². The van der Waals surface area contributed by atoms with Gasteiger partial charge in [0, 0.05) is 12.8 Å². The van der Waals surface area contributed by atoms with E-state index in [4.69, 9.17) is 0 Å². The molecule has 0 radical (unpaired) electrons. The summed E-state index contributed by atoms with van der Waals surface area (Å²) in [6.07, 6.45) is -0.0663. The summed E-state index contributed by atoms with van der Waals surface area (Å²) in [4.78, 5) is 45.8. The second-order valence-corrected chi connectivity index (χ2v) is 5.07. The van der Waals surface area contributed by atoms with Crippen LogP contribution in [-0.4, -0.2) is 31.5 Å². The lowest BCUT2D eigenvalue weighted by Crippen LogP contribution is -2.29. The maximum atomic E-state index is 11.6. The van der Waals surface area contributed by atoms with Crippen LogP contribution in [0.4, 0.5) is 0 Å². The van der Waals surface area contributed by atoms with Gasteiger partial charge in [0.15, 0.2) is 0 Å². The fourth-order valence-electron chi connectivity index (χ4n) is 1.88. The van der Waals surface area contributed by atoms with Crippen LogP contribution < -0.4 is 0 Å². The lowest BCUT2D eigenvalue weighted by Gasteiger charge is -2.12. The molecule has 2 aliphatic heterocycles. The van der Waals surface area contributed by atoms with E-state index in [9.17, 15) is 19.2 Å². The van der Waals surface area contributed by atoms with E-state index in [0.29, 0.717) is 0 Å². The Bertz CT molecular complexity index is 373. The monoisotopic (exact) mass is 352 g/mol. The fourth-order valence-corrected chi connectivity index (χ4v) is 2.69. The summed E-state index contributed by atoms with van der Waals surface area (Å²) in [5.41, 5.74) is 0. The smallest absolute Gasteiger partial charge is 0.243 e. The SMILES string of the molecule is O=C1CC(C2CC(=O)N(Br)C2=O)C(=O)N1Br. The van der Waals surface area contributed by atoms with Gasteiger partial charge in [0.05, 0.1) is 44.1 Å². The van der Waals surface area contributed by atoms with Crippen LogP contribution in [0.5, 0.6) is 0 Å². The van der Waals surface area contributed by atoms with Crippen LogP contribution in [0.25, 0.3) is 0 Å². The number of imide groups is 2. The first-order valence-electron chi connectivity index (χ1n) is 4.48. The average molecular weight is 354 g/mol. The van der Waals surface area contributed by atoms with E-state index in [0.717, 1.165) is 7.85 Å². The quantitative estimate of drug-likeness (QED) is 0.503. The van der Waals surface area contributed by atoms with Gasteiger partial charge in [-0.1, -0.05) is 0 Å². The van der Waals surface area contributed by atoms with Crippen molar-refractivity contribution in [1.29, 1.82) is 0 Å². The van der Waals surface area contributed by atoms with Gasteiger partial charge >= 0.3 is 0 Å². The highest BCUT2D eigenvalue weighted by Gasteiger charge is 2.50. The molecule has 2 atom stereocenters. The Hall–Kier alpha value is -0.760. The van der Waals surface area contributed by atoms with Crippen LogP contribution >= 0.6 is 32.3 Å². The number of nitrogens with zero attached hydrogens (tertiary/aromatic N) is 2. The summed E-state index contributed by atoms with van der Waals surface area (Å²) in [6, 6.07) is 0. The van der Waals surface area contributed by atoms with Crippen LogP contribution in [0.1, 0.15) is 12.8 Å². The molecular weight excluding hydrogens is 348 g/mol. The van der Waals surface area contributed by atoms with E-state index in [1.54, 1.807) is 0 Å². The van der Waals surface area contributed by atoms with Crippen LogP contribution in [-0.2, 0) is 19.2 Å². The molecule has 2 heterocycles. The topological polar surface area (TPSA) is 74.8 Å². The van der Waals surface area contributed by atoms with Gasteiger partial charge < -0.3 is 0 Å². The van der Waals surface area contributed by atoms with Crippen LogP contribution in [0, 0.1) is 11.8 Å². The Labute approximate surface area is 108 Å². The summed E-state index contributed by atoms with van der Waals surface area (Å²) < 4.78 is 1.65. The van der Waals surface area contributed by atoms with Gasteiger partial charge in [-0.15, -0.1) is 0 Å². The highest BCUT2D eigenvalue weighted by molar-refractivity contribution is 9.08. The van der Waals surface area contributed by atoms with Gasteiger partial charge in [0.2, 0.25) is 23.6 Å². The first-order chi connectivity index (χ1) is 7.43. The molecule has 0 spiro atoms. The molecule has 2 fully saturated rings. The molecule has 4 amide bonds. The molecule has 86 valence electrons. The molecule has 2 aliphatic rings. The van der Waals surface area contributed by atoms with E-state index < -0.39 is 23.7 Å². The Kier molecular flexibility index (Phi) is 2.87. The molecule has 0 aromatic heterocycles. The molecule has 2 saturated heterocycles. The van der Waals surface area contributed by atoms with Crippen molar-refractivity contribution in [3.05, 3.63) is 0 Å². The second kappa shape index (κ2) is 3.92. The largest absolute Gasteiger partial charge is 0.273 e. The zero-order valence-electron chi connectivity index (χ0n) is 7.85. The first kappa shape index (κ1) is 11.7. The Morgan fingerprint density at radius 3 is 1.31 bits per heavy atom. The van der Waals surface area contributed by atoms with Crippen molar-refractivity contribution < 1.29 is 19.2 Å². The molecule has 0 aromatic carbocycles. The third kappa shape index (κ3) is 1.60. The first-order valence-corrected chi connectivity index (χ1v) is 5.90. The van der Waals surface area contributed by atoms with Crippen molar-refractivity contribution in [2.24, 2.45) is 11.8 Å².